The predicted molar refractivity (Wildman–Crippen MR) is 110 cm³/mol. The Labute approximate surface area is 167 Å². The van der Waals surface area contributed by atoms with Gasteiger partial charge in [0.2, 0.25) is 0 Å². The molecule has 3 heterocycles. The second-order valence-corrected chi connectivity index (χ2v) is 7.79. The van der Waals surface area contributed by atoms with Crippen LogP contribution in [-0.2, 0) is 6.54 Å². The molecule has 0 atom stereocenters. The van der Waals surface area contributed by atoms with Crippen LogP contribution in [0.1, 0.15) is 28.1 Å². The molecule has 2 aromatic heterocycles. The Morgan fingerprint density at radius 3 is 2.71 bits per heavy atom. The van der Waals surface area contributed by atoms with E-state index in [1.807, 2.05) is 6.07 Å². The van der Waals surface area contributed by atoms with E-state index in [0.717, 1.165) is 32.5 Å². The second-order valence-electron chi connectivity index (χ2n) is 6.76. The van der Waals surface area contributed by atoms with Crippen LogP contribution in [0.4, 0.5) is 10.9 Å². The third kappa shape index (κ3) is 4.90. The van der Waals surface area contributed by atoms with Crippen LogP contribution in [0.25, 0.3) is 0 Å². The highest BCUT2D eigenvalue weighted by molar-refractivity contribution is 7.17. The summed E-state index contributed by atoms with van der Waals surface area (Å²) in [6.07, 6.45) is 6.65. The molecule has 3 aromatic rings. The summed E-state index contributed by atoms with van der Waals surface area (Å²) in [4.78, 5) is 27.8. The van der Waals surface area contributed by atoms with Crippen LogP contribution in [-0.4, -0.2) is 44.9 Å². The van der Waals surface area contributed by atoms with Crippen LogP contribution in [0.2, 0.25) is 0 Å². The maximum Gasteiger partial charge on any atom is 0.263 e. The minimum atomic E-state index is -0.0604. The summed E-state index contributed by atoms with van der Waals surface area (Å²) >= 11 is 1.32. The largest absolute Gasteiger partial charge is 0.348 e. The molecule has 0 saturated carbocycles. The highest BCUT2D eigenvalue weighted by Crippen LogP contribution is 2.22. The molecule has 1 aromatic carbocycles. The zero-order valence-corrected chi connectivity index (χ0v) is 16.2. The van der Waals surface area contributed by atoms with Crippen LogP contribution in [0.5, 0.6) is 0 Å². The number of benzene rings is 1. The summed E-state index contributed by atoms with van der Waals surface area (Å²) in [5.74, 6) is 0.594. The summed E-state index contributed by atoms with van der Waals surface area (Å²) in [6.45, 7) is 2.94. The molecule has 144 valence electrons. The number of amides is 1. The molecule has 0 bridgehead atoms. The maximum atomic E-state index is 12.5. The summed E-state index contributed by atoms with van der Waals surface area (Å²) in [7, 11) is 0. The molecule has 0 spiro atoms. The van der Waals surface area contributed by atoms with Gasteiger partial charge in [-0.2, -0.15) is 0 Å². The van der Waals surface area contributed by atoms with Crippen molar-refractivity contribution in [1.29, 1.82) is 0 Å². The number of thiazole rings is 1. The first-order chi connectivity index (χ1) is 13.8. The monoisotopic (exact) mass is 394 g/mol. The molecule has 4 rings (SSSR count). The molecule has 2 N–H and O–H groups in total. The van der Waals surface area contributed by atoms with Crippen LogP contribution in [0, 0.1) is 0 Å². The van der Waals surface area contributed by atoms with Gasteiger partial charge in [-0.15, -0.1) is 0 Å². The number of aromatic nitrogens is 3. The smallest absolute Gasteiger partial charge is 0.263 e. The number of carbonyl (C=O) groups excluding carboxylic acids is 1. The summed E-state index contributed by atoms with van der Waals surface area (Å²) in [5.41, 5.74) is 1.33. The Morgan fingerprint density at radius 1 is 1.14 bits per heavy atom. The van der Waals surface area contributed by atoms with Crippen molar-refractivity contribution in [2.45, 2.75) is 25.4 Å². The van der Waals surface area contributed by atoms with Gasteiger partial charge < -0.3 is 10.6 Å². The number of nitrogens with one attached hydrogen (secondary N) is 2. The van der Waals surface area contributed by atoms with E-state index in [9.17, 15) is 4.79 Å². The Hall–Kier alpha value is -2.84. The quantitative estimate of drug-likeness (QED) is 0.669. The molecule has 0 unspecified atom stereocenters. The molecule has 0 aliphatic carbocycles. The highest BCUT2D eigenvalue weighted by Gasteiger charge is 2.22. The zero-order chi connectivity index (χ0) is 19.2. The predicted octanol–water partition coefficient (Wildman–Crippen LogP) is 3.07. The molecule has 8 heteroatoms. The van der Waals surface area contributed by atoms with Crippen LogP contribution >= 0.6 is 11.3 Å². The number of nitrogens with zero attached hydrogens (tertiary/aromatic N) is 4. The number of piperidine rings is 1. The molecular weight excluding hydrogens is 372 g/mol. The Bertz CT molecular complexity index is 893. The first-order valence-electron chi connectivity index (χ1n) is 9.32. The van der Waals surface area contributed by atoms with Gasteiger partial charge >= 0.3 is 0 Å². The first-order valence-corrected chi connectivity index (χ1v) is 10.1. The van der Waals surface area contributed by atoms with E-state index < -0.39 is 0 Å². The lowest BCUT2D eigenvalue weighted by atomic mass is 10.0. The summed E-state index contributed by atoms with van der Waals surface area (Å²) in [6, 6.07) is 12.5. The summed E-state index contributed by atoms with van der Waals surface area (Å²) < 4.78 is 0. The molecule has 1 saturated heterocycles. The number of rotatable bonds is 6. The van der Waals surface area contributed by atoms with E-state index in [4.69, 9.17) is 0 Å². The van der Waals surface area contributed by atoms with Crippen molar-refractivity contribution in [1.82, 2.24) is 25.2 Å². The third-order valence-corrected chi connectivity index (χ3v) is 5.63. The normalized spacial score (nSPS) is 15.3. The van der Waals surface area contributed by atoms with E-state index in [0.29, 0.717) is 15.8 Å². The molecule has 1 aliphatic rings. The van der Waals surface area contributed by atoms with Crippen molar-refractivity contribution >= 4 is 28.2 Å². The van der Waals surface area contributed by atoms with E-state index in [2.05, 4.69) is 54.8 Å². The third-order valence-electron chi connectivity index (χ3n) is 4.72. The van der Waals surface area contributed by atoms with Crippen LogP contribution < -0.4 is 10.6 Å². The van der Waals surface area contributed by atoms with E-state index in [1.54, 1.807) is 18.5 Å². The summed E-state index contributed by atoms with van der Waals surface area (Å²) in [5, 5.41) is 6.87. The Kier molecular flexibility index (Phi) is 5.89. The lowest BCUT2D eigenvalue weighted by Crippen LogP contribution is -2.44. The maximum absolute atomic E-state index is 12.5. The number of hydrogen-bond acceptors (Lipinski definition) is 7. The average Bonchev–Trinajstić information content (AvgIpc) is 3.20. The minimum Gasteiger partial charge on any atom is -0.348 e. The van der Waals surface area contributed by atoms with Gasteiger partial charge in [-0.25, -0.2) is 15.0 Å². The molecule has 7 nitrogen and oxygen atoms in total. The number of hydrogen-bond donors (Lipinski definition) is 2. The van der Waals surface area contributed by atoms with E-state index in [-0.39, 0.29) is 11.9 Å². The fourth-order valence-corrected chi connectivity index (χ4v) is 3.97. The van der Waals surface area contributed by atoms with Gasteiger partial charge in [-0.05, 0) is 24.5 Å². The van der Waals surface area contributed by atoms with Crippen LogP contribution in [0.15, 0.2) is 55.1 Å². The van der Waals surface area contributed by atoms with E-state index >= 15 is 0 Å². The minimum absolute atomic E-state index is 0.0604. The van der Waals surface area contributed by atoms with Gasteiger partial charge in [0.1, 0.15) is 17.0 Å². The van der Waals surface area contributed by atoms with Gasteiger partial charge in [0.25, 0.3) is 5.91 Å². The molecule has 1 amide bonds. The van der Waals surface area contributed by atoms with Crippen molar-refractivity contribution in [3.63, 3.8) is 0 Å². The van der Waals surface area contributed by atoms with Crippen LogP contribution in [0.3, 0.4) is 0 Å². The van der Waals surface area contributed by atoms with Crippen molar-refractivity contribution in [3.8, 4) is 0 Å². The van der Waals surface area contributed by atoms with E-state index in [1.165, 1.54) is 23.2 Å². The fraction of sp³-hybridized carbons (Fsp3) is 0.300. The zero-order valence-electron chi connectivity index (χ0n) is 15.4. The number of carbonyl (C=O) groups is 1. The highest BCUT2D eigenvalue weighted by atomic mass is 32.1. The second kappa shape index (κ2) is 8.90. The topological polar surface area (TPSA) is 83.0 Å². The lowest BCUT2D eigenvalue weighted by Gasteiger charge is -2.32. The van der Waals surface area contributed by atoms with Crippen molar-refractivity contribution in [3.05, 3.63) is 65.6 Å². The molecule has 28 heavy (non-hydrogen) atoms. The number of likely N-dealkylation sites (tertiary alicyclic amines) is 1. The first kappa shape index (κ1) is 18.5. The van der Waals surface area contributed by atoms with Gasteiger partial charge in [-0.3, -0.25) is 9.69 Å². The SMILES string of the molecule is O=C(NC1CCN(Cc2ccccc2)CC1)c1cnc(Nc2ccncn2)s1. The van der Waals surface area contributed by atoms with Gasteiger partial charge in [-0.1, -0.05) is 41.7 Å². The molecular formula is C20H22N6OS. The van der Waals surface area contributed by atoms with Gasteiger partial charge in [0.05, 0.1) is 6.20 Å². The van der Waals surface area contributed by atoms with Gasteiger partial charge in [0, 0.05) is 31.9 Å². The molecule has 1 aliphatic heterocycles. The molecule has 0 radical (unpaired) electrons. The average molecular weight is 395 g/mol. The van der Waals surface area contributed by atoms with Crippen molar-refractivity contribution < 1.29 is 4.79 Å². The fourth-order valence-electron chi connectivity index (χ4n) is 3.24. The Balaban J connectivity index is 1.26. The van der Waals surface area contributed by atoms with Gasteiger partial charge in [0.15, 0.2) is 5.13 Å². The van der Waals surface area contributed by atoms with Crippen molar-refractivity contribution in [2.24, 2.45) is 0 Å². The molecule has 1 fully saturated rings. The lowest BCUT2D eigenvalue weighted by molar-refractivity contribution is 0.0913. The standard InChI is InChI=1S/C20H22N6OS/c27-19(17-12-22-20(28-17)25-18-6-9-21-14-23-18)24-16-7-10-26(11-8-16)13-15-4-2-1-3-5-15/h1-6,9,12,14,16H,7-8,10-11,13H2,(H,24,27)(H,21,22,23,25). The van der Waals surface area contributed by atoms with Crippen molar-refractivity contribution in [2.75, 3.05) is 18.4 Å². The number of anilines is 2. The Morgan fingerprint density at radius 2 is 1.96 bits per heavy atom.